The summed E-state index contributed by atoms with van der Waals surface area (Å²) in [6, 6.07) is 5.40. The number of hydrogen-bond donors (Lipinski definition) is 0. The Morgan fingerprint density at radius 2 is 2.29 bits per heavy atom. The fourth-order valence-corrected chi connectivity index (χ4v) is 2.23. The molecule has 0 aromatic carbocycles. The molecule has 0 atom stereocenters. The van der Waals surface area contributed by atoms with Crippen LogP contribution in [0, 0.1) is 0 Å². The van der Waals surface area contributed by atoms with Gasteiger partial charge in [0.15, 0.2) is 5.78 Å². The van der Waals surface area contributed by atoms with Crippen molar-refractivity contribution in [3.8, 4) is 10.6 Å². The monoisotopic (exact) mass is 248 g/mol. The van der Waals surface area contributed by atoms with E-state index in [4.69, 9.17) is 0 Å². The van der Waals surface area contributed by atoms with Crippen LogP contribution in [0.1, 0.15) is 24.2 Å². The van der Waals surface area contributed by atoms with Gasteiger partial charge in [0, 0.05) is 6.54 Å². The third-order valence-electron chi connectivity index (χ3n) is 2.43. The summed E-state index contributed by atoms with van der Waals surface area (Å²) in [5, 5.41) is 6.18. The van der Waals surface area contributed by atoms with E-state index in [-0.39, 0.29) is 16.9 Å². The van der Waals surface area contributed by atoms with Crippen LogP contribution in [-0.4, -0.2) is 15.6 Å². The lowest BCUT2D eigenvalue weighted by molar-refractivity contribution is 0.101. The summed E-state index contributed by atoms with van der Waals surface area (Å²) in [7, 11) is 0. The van der Waals surface area contributed by atoms with Gasteiger partial charge >= 0.3 is 0 Å². The molecule has 4 nitrogen and oxygen atoms in total. The van der Waals surface area contributed by atoms with Gasteiger partial charge in [-0.25, -0.2) is 4.68 Å². The Balaban J connectivity index is 2.67. The van der Waals surface area contributed by atoms with Crippen LogP contribution in [0.15, 0.2) is 28.4 Å². The first-order chi connectivity index (χ1) is 8.13. The highest BCUT2D eigenvalue weighted by molar-refractivity contribution is 7.13. The second kappa shape index (κ2) is 4.63. The quantitative estimate of drug-likeness (QED) is 0.782. The highest BCUT2D eigenvalue weighted by Gasteiger charge is 2.12. The number of hydrogen-bond acceptors (Lipinski definition) is 4. The fraction of sp³-hybridized carbons (Fsp3) is 0.250. The van der Waals surface area contributed by atoms with Crippen molar-refractivity contribution in [1.82, 2.24) is 9.78 Å². The molecule has 0 aliphatic heterocycles. The number of aromatic nitrogens is 2. The van der Waals surface area contributed by atoms with Crippen molar-refractivity contribution in [3.05, 3.63) is 39.5 Å². The molecule has 0 unspecified atom stereocenters. The number of thiophene rings is 1. The maximum atomic E-state index is 11.8. The van der Waals surface area contributed by atoms with Gasteiger partial charge in [-0.15, -0.1) is 11.3 Å². The molecule has 17 heavy (non-hydrogen) atoms. The molecule has 0 saturated heterocycles. The summed E-state index contributed by atoms with van der Waals surface area (Å²) < 4.78 is 1.33. The summed E-state index contributed by atoms with van der Waals surface area (Å²) in [4.78, 5) is 24.2. The summed E-state index contributed by atoms with van der Waals surface area (Å²) in [5.41, 5.74) is 0.553. The Bertz CT molecular complexity index is 599. The van der Waals surface area contributed by atoms with Crippen molar-refractivity contribution >= 4 is 17.1 Å². The number of aryl methyl sites for hydroxylation is 1. The molecule has 0 N–H and O–H groups in total. The zero-order valence-corrected chi connectivity index (χ0v) is 10.5. The number of nitrogens with zero attached hydrogens (tertiary/aromatic N) is 2. The van der Waals surface area contributed by atoms with E-state index in [0.29, 0.717) is 12.2 Å². The van der Waals surface area contributed by atoms with Gasteiger partial charge in [0.05, 0.1) is 10.4 Å². The average molecular weight is 248 g/mol. The third kappa shape index (κ3) is 2.19. The Kier molecular flexibility index (Phi) is 3.19. The standard InChI is InChI=1S/C12H12N2O2S/c1-3-14-12(16)9(8(2)15)7-10(13-14)11-5-4-6-17-11/h4-7H,3H2,1-2H3. The molecule has 0 amide bonds. The summed E-state index contributed by atoms with van der Waals surface area (Å²) in [5.74, 6) is -0.225. The molecule has 0 aliphatic rings. The number of ketones is 1. The minimum Gasteiger partial charge on any atom is -0.294 e. The summed E-state index contributed by atoms with van der Waals surface area (Å²) >= 11 is 1.53. The molecule has 2 aromatic heterocycles. The fourth-order valence-electron chi connectivity index (χ4n) is 1.55. The summed E-state index contributed by atoms with van der Waals surface area (Å²) in [6.45, 7) is 3.68. The van der Waals surface area contributed by atoms with Crippen molar-refractivity contribution < 1.29 is 4.79 Å². The van der Waals surface area contributed by atoms with E-state index in [1.807, 2.05) is 24.4 Å². The third-order valence-corrected chi connectivity index (χ3v) is 3.32. The van der Waals surface area contributed by atoms with Crippen LogP contribution in [0.3, 0.4) is 0 Å². The van der Waals surface area contributed by atoms with Crippen molar-refractivity contribution in [2.24, 2.45) is 0 Å². The predicted molar refractivity (Wildman–Crippen MR) is 67.5 cm³/mol. The van der Waals surface area contributed by atoms with E-state index in [1.165, 1.54) is 22.9 Å². The van der Waals surface area contributed by atoms with Gasteiger partial charge < -0.3 is 0 Å². The number of carbonyl (C=O) groups is 1. The van der Waals surface area contributed by atoms with E-state index >= 15 is 0 Å². The maximum Gasteiger partial charge on any atom is 0.277 e. The van der Waals surface area contributed by atoms with Gasteiger partial charge in [-0.2, -0.15) is 5.10 Å². The highest BCUT2D eigenvalue weighted by atomic mass is 32.1. The molecule has 0 fully saturated rings. The van der Waals surface area contributed by atoms with E-state index in [0.717, 1.165) is 4.88 Å². The van der Waals surface area contributed by atoms with Crippen LogP contribution in [-0.2, 0) is 6.54 Å². The van der Waals surface area contributed by atoms with Gasteiger partial charge in [0.2, 0.25) is 0 Å². The Labute approximate surface area is 103 Å². The lowest BCUT2D eigenvalue weighted by Crippen LogP contribution is -2.27. The van der Waals surface area contributed by atoms with Crippen molar-refractivity contribution in [1.29, 1.82) is 0 Å². The first-order valence-corrected chi connectivity index (χ1v) is 6.18. The van der Waals surface area contributed by atoms with Crippen LogP contribution in [0.5, 0.6) is 0 Å². The predicted octanol–water partition coefficient (Wildman–Crippen LogP) is 2.19. The van der Waals surface area contributed by atoms with Crippen molar-refractivity contribution in [2.45, 2.75) is 20.4 Å². The Morgan fingerprint density at radius 3 is 2.82 bits per heavy atom. The highest BCUT2D eigenvalue weighted by Crippen LogP contribution is 2.22. The molecule has 88 valence electrons. The topological polar surface area (TPSA) is 52.0 Å². The molecule has 0 saturated carbocycles. The lowest BCUT2D eigenvalue weighted by Gasteiger charge is -2.06. The number of Topliss-reactive ketones (excluding diaryl/α,β-unsaturated/α-hetero) is 1. The van der Waals surface area contributed by atoms with Crippen LogP contribution < -0.4 is 5.56 Å². The zero-order chi connectivity index (χ0) is 12.4. The minimum atomic E-state index is -0.319. The molecule has 0 spiro atoms. The number of carbonyl (C=O) groups excluding carboxylic acids is 1. The first kappa shape index (κ1) is 11.7. The zero-order valence-electron chi connectivity index (χ0n) is 9.64. The largest absolute Gasteiger partial charge is 0.294 e. The summed E-state index contributed by atoms with van der Waals surface area (Å²) in [6.07, 6.45) is 0. The van der Waals surface area contributed by atoms with E-state index < -0.39 is 0 Å². The maximum absolute atomic E-state index is 11.8. The second-order valence-corrected chi connectivity index (χ2v) is 4.55. The first-order valence-electron chi connectivity index (χ1n) is 5.30. The van der Waals surface area contributed by atoms with E-state index in [2.05, 4.69) is 5.10 Å². The lowest BCUT2D eigenvalue weighted by atomic mass is 10.2. The SMILES string of the molecule is CCn1nc(-c2cccs2)cc(C(C)=O)c1=O. The van der Waals surface area contributed by atoms with Crippen LogP contribution in [0.2, 0.25) is 0 Å². The van der Waals surface area contributed by atoms with E-state index in [9.17, 15) is 9.59 Å². The molecule has 2 aromatic rings. The van der Waals surface area contributed by atoms with Gasteiger partial charge in [0.25, 0.3) is 5.56 Å². The van der Waals surface area contributed by atoms with Crippen LogP contribution in [0.25, 0.3) is 10.6 Å². The van der Waals surface area contributed by atoms with E-state index in [1.54, 1.807) is 6.07 Å². The molecule has 2 heterocycles. The Morgan fingerprint density at radius 1 is 1.53 bits per heavy atom. The second-order valence-electron chi connectivity index (χ2n) is 3.60. The van der Waals surface area contributed by atoms with Crippen LogP contribution in [0.4, 0.5) is 0 Å². The molecule has 2 rings (SSSR count). The smallest absolute Gasteiger partial charge is 0.277 e. The molecule has 0 radical (unpaired) electrons. The Hall–Kier alpha value is -1.75. The molecule has 0 bridgehead atoms. The van der Waals surface area contributed by atoms with Crippen LogP contribution >= 0.6 is 11.3 Å². The number of rotatable bonds is 3. The van der Waals surface area contributed by atoms with Gasteiger partial charge in [-0.3, -0.25) is 9.59 Å². The van der Waals surface area contributed by atoms with Crippen molar-refractivity contribution in [2.75, 3.05) is 0 Å². The molecular weight excluding hydrogens is 236 g/mol. The molecular formula is C12H12N2O2S. The normalized spacial score (nSPS) is 10.5. The van der Waals surface area contributed by atoms with Gasteiger partial charge in [0.1, 0.15) is 5.69 Å². The average Bonchev–Trinajstić information content (AvgIpc) is 2.82. The molecule has 5 heteroatoms. The van der Waals surface area contributed by atoms with Gasteiger partial charge in [-0.1, -0.05) is 6.07 Å². The minimum absolute atomic E-state index is 0.199. The molecule has 0 aliphatic carbocycles. The van der Waals surface area contributed by atoms with Gasteiger partial charge in [-0.05, 0) is 31.4 Å². The van der Waals surface area contributed by atoms with Crippen molar-refractivity contribution in [3.63, 3.8) is 0 Å².